The Balaban J connectivity index is 2.80. The van der Waals surface area contributed by atoms with Crippen LogP contribution in [-0.2, 0) is 16.0 Å². The highest BCUT2D eigenvalue weighted by molar-refractivity contribution is 5.97. The molecule has 18 heavy (non-hydrogen) atoms. The highest BCUT2D eigenvalue weighted by Crippen LogP contribution is 2.15. The van der Waals surface area contributed by atoms with Gasteiger partial charge in [-0.2, -0.15) is 0 Å². The van der Waals surface area contributed by atoms with Gasteiger partial charge in [0.05, 0.1) is 12.3 Å². The summed E-state index contributed by atoms with van der Waals surface area (Å²) < 4.78 is 9.79. The average Bonchev–Trinajstić information content (AvgIpc) is 2.69. The van der Waals surface area contributed by atoms with Gasteiger partial charge in [-0.25, -0.2) is 0 Å². The largest absolute Gasteiger partial charge is 0.465 e. The molecule has 0 N–H and O–H groups in total. The predicted octanol–water partition coefficient (Wildman–Crippen LogP) is 1.18. The number of ether oxygens (including phenoxy) is 1. The molecular formula is C12H18N2O4. The van der Waals surface area contributed by atoms with E-state index in [4.69, 9.17) is 9.26 Å². The number of likely N-dealkylation sites (N-methyl/N-ethyl adjacent to an activating group) is 1. The van der Waals surface area contributed by atoms with Crippen LogP contribution in [0.4, 0.5) is 0 Å². The van der Waals surface area contributed by atoms with Gasteiger partial charge >= 0.3 is 5.97 Å². The summed E-state index contributed by atoms with van der Waals surface area (Å²) in [7, 11) is 1.55. The van der Waals surface area contributed by atoms with Crippen LogP contribution in [0.5, 0.6) is 0 Å². The molecule has 1 aromatic rings. The van der Waals surface area contributed by atoms with E-state index in [2.05, 4.69) is 5.16 Å². The number of carbonyl (C=O) groups is 2. The molecule has 0 saturated carbocycles. The van der Waals surface area contributed by atoms with Crippen molar-refractivity contribution in [2.45, 2.75) is 27.2 Å². The van der Waals surface area contributed by atoms with Gasteiger partial charge in [0.1, 0.15) is 17.9 Å². The SMILES string of the molecule is CCOC(=O)CN(C)C(=O)c1c(CC)noc1C. The van der Waals surface area contributed by atoms with Crippen molar-refractivity contribution in [3.8, 4) is 0 Å². The van der Waals surface area contributed by atoms with Crippen LogP contribution in [0.1, 0.15) is 35.7 Å². The van der Waals surface area contributed by atoms with Gasteiger partial charge < -0.3 is 14.2 Å². The molecule has 0 fully saturated rings. The second-order valence-corrected chi connectivity index (χ2v) is 3.88. The lowest BCUT2D eigenvalue weighted by atomic mass is 10.1. The van der Waals surface area contributed by atoms with Gasteiger partial charge in [0.2, 0.25) is 0 Å². The zero-order valence-electron chi connectivity index (χ0n) is 11.1. The summed E-state index contributed by atoms with van der Waals surface area (Å²) in [4.78, 5) is 24.8. The van der Waals surface area contributed by atoms with Gasteiger partial charge in [0.15, 0.2) is 0 Å². The van der Waals surface area contributed by atoms with Crippen LogP contribution >= 0.6 is 0 Å². The van der Waals surface area contributed by atoms with Gasteiger partial charge in [-0.1, -0.05) is 12.1 Å². The molecule has 0 aromatic carbocycles. The van der Waals surface area contributed by atoms with Gasteiger partial charge in [0, 0.05) is 7.05 Å². The Morgan fingerprint density at radius 3 is 2.61 bits per heavy atom. The molecular weight excluding hydrogens is 236 g/mol. The Bertz CT molecular complexity index is 439. The average molecular weight is 254 g/mol. The summed E-state index contributed by atoms with van der Waals surface area (Å²) in [6, 6.07) is 0. The van der Waals surface area contributed by atoms with Crippen LogP contribution in [0, 0.1) is 6.92 Å². The van der Waals surface area contributed by atoms with Crippen molar-refractivity contribution in [1.29, 1.82) is 0 Å². The lowest BCUT2D eigenvalue weighted by molar-refractivity contribution is -0.143. The fraction of sp³-hybridized carbons (Fsp3) is 0.583. The Morgan fingerprint density at radius 2 is 2.06 bits per heavy atom. The van der Waals surface area contributed by atoms with Gasteiger partial charge in [-0.05, 0) is 20.3 Å². The first kappa shape index (κ1) is 14.2. The zero-order chi connectivity index (χ0) is 13.7. The molecule has 0 aliphatic heterocycles. The summed E-state index contributed by atoms with van der Waals surface area (Å²) in [6.45, 7) is 5.50. The topological polar surface area (TPSA) is 72.6 Å². The standard InChI is InChI=1S/C12H18N2O4/c1-5-9-11(8(3)18-13-9)12(16)14(4)7-10(15)17-6-2/h5-7H2,1-4H3. The first-order chi connectivity index (χ1) is 8.51. The molecule has 0 saturated heterocycles. The van der Waals surface area contributed by atoms with E-state index in [1.165, 1.54) is 4.90 Å². The number of hydrogen-bond donors (Lipinski definition) is 0. The summed E-state index contributed by atoms with van der Waals surface area (Å²) in [5, 5.41) is 3.81. The highest BCUT2D eigenvalue weighted by Gasteiger charge is 2.23. The number of amides is 1. The minimum absolute atomic E-state index is 0.0829. The molecule has 1 amide bonds. The monoisotopic (exact) mass is 254 g/mol. The maximum absolute atomic E-state index is 12.2. The maximum atomic E-state index is 12.2. The van der Waals surface area contributed by atoms with Crippen LogP contribution in [0.3, 0.4) is 0 Å². The fourth-order valence-electron chi connectivity index (χ4n) is 1.60. The number of nitrogens with zero attached hydrogens (tertiary/aromatic N) is 2. The molecule has 6 heteroatoms. The quantitative estimate of drug-likeness (QED) is 0.738. The van der Waals surface area contributed by atoms with Crippen LogP contribution in [0.15, 0.2) is 4.52 Å². The van der Waals surface area contributed by atoms with Crippen molar-refractivity contribution < 1.29 is 18.8 Å². The van der Waals surface area contributed by atoms with Gasteiger partial charge in [-0.15, -0.1) is 0 Å². The maximum Gasteiger partial charge on any atom is 0.325 e. The Hall–Kier alpha value is -1.85. The van der Waals surface area contributed by atoms with E-state index in [1.54, 1.807) is 20.9 Å². The van der Waals surface area contributed by atoms with Crippen molar-refractivity contribution in [1.82, 2.24) is 10.1 Å². The smallest absolute Gasteiger partial charge is 0.325 e. The summed E-state index contributed by atoms with van der Waals surface area (Å²) in [6.07, 6.45) is 0.603. The van der Waals surface area contributed by atoms with Crippen LogP contribution < -0.4 is 0 Å². The fourth-order valence-corrected chi connectivity index (χ4v) is 1.60. The molecule has 0 aliphatic rings. The third-order valence-corrected chi connectivity index (χ3v) is 2.50. The number of esters is 1. The van der Waals surface area contributed by atoms with E-state index in [1.807, 2.05) is 6.92 Å². The molecule has 1 heterocycles. The van der Waals surface area contributed by atoms with Crippen molar-refractivity contribution >= 4 is 11.9 Å². The third kappa shape index (κ3) is 3.09. The number of hydrogen-bond acceptors (Lipinski definition) is 5. The zero-order valence-corrected chi connectivity index (χ0v) is 11.1. The molecule has 6 nitrogen and oxygen atoms in total. The lowest BCUT2D eigenvalue weighted by Gasteiger charge is -2.15. The number of rotatable bonds is 5. The van der Waals surface area contributed by atoms with E-state index in [9.17, 15) is 9.59 Å². The lowest BCUT2D eigenvalue weighted by Crippen LogP contribution is -2.33. The van der Waals surface area contributed by atoms with Gasteiger partial charge in [-0.3, -0.25) is 9.59 Å². The molecule has 0 radical (unpaired) electrons. The van der Waals surface area contributed by atoms with Crippen LogP contribution in [-0.4, -0.2) is 42.1 Å². The molecule has 0 spiro atoms. The van der Waals surface area contributed by atoms with Crippen molar-refractivity contribution in [3.63, 3.8) is 0 Å². The molecule has 0 unspecified atom stereocenters. The van der Waals surface area contributed by atoms with E-state index in [0.717, 1.165) is 0 Å². The van der Waals surface area contributed by atoms with Crippen LogP contribution in [0.25, 0.3) is 0 Å². The second-order valence-electron chi connectivity index (χ2n) is 3.88. The third-order valence-electron chi connectivity index (χ3n) is 2.50. The second kappa shape index (κ2) is 6.18. The van der Waals surface area contributed by atoms with E-state index < -0.39 is 5.97 Å². The van der Waals surface area contributed by atoms with Crippen LogP contribution in [0.2, 0.25) is 0 Å². The Kier molecular flexibility index (Phi) is 4.88. The molecule has 0 bridgehead atoms. The minimum atomic E-state index is -0.430. The molecule has 100 valence electrons. The van der Waals surface area contributed by atoms with Crippen molar-refractivity contribution in [2.24, 2.45) is 0 Å². The Labute approximate surface area is 106 Å². The van der Waals surface area contributed by atoms with E-state index in [0.29, 0.717) is 30.0 Å². The first-order valence-electron chi connectivity index (χ1n) is 5.87. The number of aryl methyl sites for hydroxylation is 2. The number of aromatic nitrogens is 1. The highest BCUT2D eigenvalue weighted by atomic mass is 16.5. The van der Waals surface area contributed by atoms with Crippen molar-refractivity contribution in [2.75, 3.05) is 20.2 Å². The normalized spacial score (nSPS) is 10.2. The molecule has 1 rings (SSSR count). The first-order valence-corrected chi connectivity index (χ1v) is 5.87. The number of carbonyl (C=O) groups excluding carboxylic acids is 2. The van der Waals surface area contributed by atoms with Crippen molar-refractivity contribution in [3.05, 3.63) is 17.0 Å². The van der Waals surface area contributed by atoms with E-state index in [-0.39, 0.29) is 12.5 Å². The summed E-state index contributed by atoms with van der Waals surface area (Å²) in [5.41, 5.74) is 1.04. The molecule has 1 aromatic heterocycles. The van der Waals surface area contributed by atoms with Gasteiger partial charge in [0.25, 0.3) is 5.91 Å². The van der Waals surface area contributed by atoms with E-state index >= 15 is 0 Å². The predicted molar refractivity (Wildman–Crippen MR) is 64.2 cm³/mol. The summed E-state index contributed by atoms with van der Waals surface area (Å²) >= 11 is 0. The Morgan fingerprint density at radius 1 is 1.39 bits per heavy atom. The minimum Gasteiger partial charge on any atom is -0.465 e. The molecule has 0 aliphatic carbocycles. The molecule has 0 atom stereocenters. The summed E-state index contributed by atoms with van der Waals surface area (Å²) in [5.74, 6) is -0.244.